The van der Waals surface area contributed by atoms with Gasteiger partial charge in [0.2, 0.25) is 5.95 Å². The van der Waals surface area contributed by atoms with Crippen LogP contribution in [-0.4, -0.2) is 14.8 Å². The van der Waals surface area contributed by atoms with E-state index >= 15 is 0 Å². The smallest absolute Gasteiger partial charge is 0.226 e. The first-order valence-corrected chi connectivity index (χ1v) is 7.00. The van der Waals surface area contributed by atoms with E-state index in [0.717, 1.165) is 16.8 Å². The van der Waals surface area contributed by atoms with Gasteiger partial charge in [-0.25, -0.2) is 9.07 Å². The SMILES string of the molecule is Fc1ccc(C2=C[C@H](c3ccccc3)n3ncnc3N2)cc1. The number of nitrogens with one attached hydrogen (secondary N) is 1. The fraction of sp³-hybridized carbons (Fsp3) is 0.0588. The number of benzene rings is 2. The lowest BCUT2D eigenvalue weighted by atomic mass is 10.0. The monoisotopic (exact) mass is 292 g/mol. The molecule has 0 bridgehead atoms. The van der Waals surface area contributed by atoms with Gasteiger partial charge >= 0.3 is 0 Å². The number of anilines is 1. The number of rotatable bonds is 2. The van der Waals surface area contributed by atoms with Crippen molar-refractivity contribution in [3.63, 3.8) is 0 Å². The molecule has 0 fully saturated rings. The number of hydrogen-bond acceptors (Lipinski definition) is 3. The Labute approximate surface area is 126 Å². The molecule has 0 amide bonds. The van der Waals surface area contributed by atoms with E-state index in [1.807, 2.05) is 22.9 Å². The van der Waals surface area contributed by atoms with Crippen molar-refractivity contribution in [2.24, 2.45) is 0 Å². The molecule has 4 rings (SSSR count). The van der Waals surface area contributed by atoms with Crippen LogP contribution in [0.15, 0.2) is 67.0 Å². The van der Waals surface area contributed by atoms with E-state index in [2.05, 4.69) is 33.6 Å². The van der Waals surface area contributed by atoms with Crippen LogP contribution in [0.1, 0.15) is 17.2 Å². The summed E-state index contributed by atoms with van der Waals surface area (Å²) in [4.78, 5) is 4.25. The summed E-state index contributed by atoms with van der Waals surface area (Å²) in [5, 5.41) is 7.54. The lowest BCUT2D eigenvalue weighted by Gasteiger charge is -2.24. The van der Waals surface area contributed by atoms with Gasteiger partial charge in [0, 0.05) is 5.70 Å². The van der Waals surface area contributed by atoms with Gasteiger partial charge in [0.25, 0.3) is 0 Å². The maximum absolute atomic E-state index is 13.1. The van der Waals surface area contributed by atoms with Gasteiger partial charge in [0.15, 0.2) is 0 Å². The van der Waals surface area contributed by atoms with Crippen LogP contribution in [-0.2, 0) is 0 Å². The van der Waals surface area contributed by atoms with Gasteiger partial charge < -0.3 is 5.32 Å². The highest BCUT2D eigenvalue weighted by atomic mass is 19.1. The van der Waals surface area contributed by atoms with Crippen molar-refractivity contribution in [3.8, 4) is 0 Å². The maximum Gasteiger partial charge on any atom is 0.226 e. The summed E-state index contributed by atoms with van der Waals surface area (Å²) in [6.45, 7) is 0. The molecule has 1 aromatic heterocycles. The molecule has 2 aromatic carbocycles. The number of nitrogens with zero attached hydrogens (tertiary/aromatic N) is 3. The number of fused-ring (bicyclic) bond motifs is 1. The first-order chi connectivity index (χ1) is 10.8. The summed E-state index contributed by atoms with van der Waals surface area (Å²) in [6, 6.07) is 16.5. The normalized spacial score (nSPS) is 16.6. The molecular weight excluding hydrogens is 279 g/mol. The van der Waals surface area contributed by atoms with Crippen LogP contribution >= 0.6 is 0 Å². The predicted molar refractivity (Wildman–Crippen MR) is 82.6 cm³/mol. The van der Waals surface area contributed by atoms with E-state index in [0.29, 0.717) is 5.95 Å². The minimum absolute atomic E-state index is 0.0417. The Morgan fingerprint density at radius 1 is 1.00 bits per heavy atom. The van der Waals surface area contributed by atoms with Crippen molar-refractivity contribution in [2.75, 3.05) is 5.32 Å². The highest BCUT2D eigenvalue weighted by Gasteiger charge is 2.23. The summed E-state index contributed by atoms with van der Waals surface area (Å²) < 4.78 is 15.0. The molecule has 5 heteroatoms. The first-order valence-electron chi connectivity index (χ1n) is 7.00. The van der Waals surface area contributed by atoms with Crippen molar-refractivity contribution in [2.45, 2.75) is 6.04 Å². The van der Waals surface area contributed by atoms with E-state index in [1.165, 1.54) is 18.5 Å². The third kappa shape index (κ3) is 2.16. The van der Waals surface area contributed by atoms with E-state index in [-0.39, 0.29) is 11.9 Å². The molecular formula is C17H13FN4. The quantitative estimate of drug-likeness (QED) is 0.786. The Hall–Kier alpha value is -2.95. The van der Waals surface area contributed by atoms with Crippen LogP contribution in [0.4, 0.5) is 10.3 Å². The molecule has 4 nitrogen and oxygen atoms in total. The Bertz CT molecular complexity index is 821. The Kier molecular flexibility index (Phi) is 2.96. The molecule has 0 aliphatic carbocycles. The fourth-order valence-electron chi connectivity index (χ4n) is 2.62. The highest BCUT2D eigenvalue weighted by Crippen LogP contribution is 2.31. The van der Waals surface area contributed by atoms with Crippen molar-refractivity contribution in [3.05, 3.63) is 83.9 Å². The van der Waals surface area contributed by atoms with Gasteiger partial charge in [-0.15, -0.1) is 0 Å². The van der Waals surface area contributed by atoms with Gasteiger partial charge in [-0.2, -0.15) is 10.1 Å². The van der Waals surface area contributed by atoms with Crippen LogP contribution in [0.3, 0.4) is 0 Å². The molecule has 0 saturated heterocycles. The van der Waals surface area contributed by atoms with Crippen molar-refractivity contribution in [1.29, 1.82) is 0 Å². The van der Waals surface area contributed by atoms with Gasteiger partial charge in [0.1, 0.15) is 18.2 Å². The first kappa shape index (κ1) is 12.8. The molecule has 1 N–H and O–H groups in total. The van der Waals surface area contributed by atoms with E-state index < -0.39 is 0 Å². The Morgan fingerprint density at radius 2 is 1.77 bits per heavy atom. The number of hydrogen-bond donors (Lipinski definition) is 1. The summed E-state index contributed by atoms with van der Waals surface area (Å²) in [7, 11) is 0. The molecule has 0 unspecified atom stereocenters. The van der Waals surface area contributed by atoms with Gasteiger partial charge in [-0.1, -0.05) is 30.3 Å². The molecule has 1 aliphatic rings. The van der Waals surface area contributed by atoms with Gasteiger partial charge in [-0.3, -0.25) is 0 Å². The third-order valence-corrected chi connectivity index (χ3v) is 3.70. The molecule has 3 aromatic rings. The van der Waals surface area contributed by atoms with Crippen molar-refractivity contribution < 1.29 is 4.39 Å². The second kappa shape index (κ2) is 5.11. The molecule has 0 radical (unpaired) electrons. The number of aromatic nitrogens is 3. The van der Waals surface area contributed by atoms with E-state index in [9.17, 15) is 4.39 Å². The fourth-order valence-corrected chi connectivity index (χ4v) is 2.62. The largest absolute Gasteiger partial charge is 0.324 e. The topological polar surface area (TPSA) is 42.7 Å². The molecule has 0 spiro atoms. The average Bonchev–Trinajstić information content (AvgIpc) is 3.04. The van der Waals surface area contributed by atoms with E-state index in [1.54, 1.807) is 12.1 Å². The minimum atomic E-state index is -0.247. The average molecular weight is 292 g/mol. The lowest BCUT2D eigenvalue weighted by molar-refractivity contribution is 0.611. The molecule has 1 aliphatic heterocycles. The molecule has 2 heterocycles. The van der Waals surface area contributed by atoms with Crippen LogP contribution < -0.4 is 5.32 Å². The van der Waals surface area contributed by atoms with Crippen LogP contribution in [0.25, 0.3) is 5.70 Å². The highest BCUT2D eigenvalue weighted by molar-refractivity contribution is 5.77. The Balaban J connectivity index is 1.81. The van der Waals surface area contributed by atoms with Gasteiger partial charge in [-0.05, 0) is 41.5 Å². The van der Waals surface area contributed by atoms with E-state index in [4.69, 9.17) is 0 Å². The zero-order chi connectivity index (χ0) is 14.9. The van der Waals surface area contributed by atoms with Gasteiger partial charge in [0.05, 0.1) is 0 Å². The predicted octanol–water partition coefficient (Wildman–Crippen LogP) is 3.47. The van der Waals surface area contributed by atoms with Crippen molar-refractivity contribution in [1.82, 2.24) is 14.8 Å². The molecule has 22 heavy (non-hydrogen) atoms. The maximum atomic E-state index is 13.1. The zero-order valence-electron chi connectivity index (χ0n) is 11.6. The number of halogens is 1. The standard InChI is InChI=1S/C17H13FN4/c18-14-8-6-12(7-9-14)15-10-16(13-4-2-1-3-5-13)22-17(21-15)19-11-20-22/h1-11,16H,(H,19,20,21)/t16-/m1/s1. The summed E-state index contributed by atoms with van der Waals surface area (Å²) in [5.41, 5.74) is 2.93. The number of allylic oxidation sites excluding steroid dienone is 1. The zero-order valence-corrected chi connectivity index (χ0v) is 11.6. The second-order valence-electron chi connectivity index (χ2n) is 5.10. The molecule has 1 atom stereocenters. The van der Waals surface area contributed by atoms with Crippen LogP contribution in [0.2, 0.25) is 0 Å². The molecule has 0 saturated carbocycles. The van der Waals surface area contributed by atoms with Crippen molar-refractivity contribution >= 4 is 11.6 Å². The summed E-state index contributed by atoms with van der Waals surface area (Å²) in [6.07, 6.45) is 3.60. The lowest BCUT2D eigenvalue weighted by Crippen LogP contribution is -2.20. The van der Waals surface area contributed by atoms with Crippen LogP contribution in [0, 0.1) is 5.82 Å². The van der Waals surface area contributed by atoms with Crippen LogP contribution in [0.5, 0.6) is 0 Å². The second-order valence-corrected chi connectivity index (χ2v) is 5.10. The summed E-state index contributed by atoms with van der Waals surface area (Å²) >= 11 is 0. The Morgan fingerprint density at radius 3 is 2.55 bits per heavy atom. The minimum Gasteiger partial charge on any atom is -0.324 e. The molecule has 108 valence electrons. The summed E-state index contributed by atoms with van der Waals surface area (Å²) in [5.74, 6) is 0.429. The third-order valence-electron chi connectivity index (χ3n) is 3.70.